The predicted octanol–water partition coefficient (Wildman–Crippen LogP) is 9.02. The number of hydrogen-bond donors (Lipinski definition) is 0. The lowest BCUT2D eigenvalue weighted by Gasteiger charge is -2.16. The van der Waals surface area contributed by atoms with Crippen molar-refractivity contribution in [1.82, 2.24) is 0 Å². The average molecular weight is 440 g/mol. The number of benzene rings is 3. The van der Waals surface area contributed by atoms with E-state index in [0.717, 1.165) is 48.7 Å². The van der Waals surface area contributed by atoms with Gasteiger partial charge in [0.2, 0.25) is 0 Å². The summed E-state index contributed by atoms with van der Waals surface area (Å²) in [7, 11) is 0. The fourth-order valence-electron chi connectivity index (χ4n) is 4.15. The summed E-state index contributed by atoms with van der Waals surface area (Å²) in [5, 5.41) is 17.5. The summed E-state index contributed by atoms with van der Waals surface area (Å²) in [5.74, 6) is 0. The van der Waals surface area contributed by atoms with Crippen molar-refractivity contribution in [2.45, 2.75) is 52.4 Å². The summed E-state index contributed by atoms with van der Waals surface area (Å²) < 4.78 is 0. The number of fused-ring (bicyclic) bond motifs is 1. The molecule has 0 fully saturated rings. The third kappa shape index (κ3) is 6.35. The van der Waals surface area contributed by atoms with Gasteiger partial charge in [0.15, 0.2) is 0 Å². The maximum absolute atomic E-state index is 4.42. The number of aryl methyl sites for hydroxylation is 1. The second-order valence-corrected chi connectivity index (χ2v) is 8.54. The summed E-state index contributed by atoms with van der Waals surface area (Å²) in [6.07, 6.45) is 7.36. The molecule has 1 heterocycles. The van der Waals surface area contributed by atoms with E-state index in [4.69, 9.17) is 0 Å². The zero-order chi connectivity index (χ0) is 22.9. The maximum Gasteiger partial charge on any atom is 0.0861 e. The topological polar surface area (TPSA) is 52.7 Å². The molecule has 0 amide bonds. The van der Waals surface area contributed by atoms with Crippen molar-refractivity contribution in [3.63, 3.8) is 0 Å². The molecule has 5 nitrogen and oxygen atoms in total. The van der Waals surface area contributed by atoms with Crippen LogP contribution in [0.1, 0.15) is 50.7 Å². The lowest BCUT2D eigenvalue weighted by Crippen LogP contribution is -2.18. The van der Waals surface area contributed by atoms with Gasteiger partial charge in [-0.3, -0.25) is 0 Å². The first-order valence-corrected chi connectivity index (χ1v) is 12.2. The fraction of sp³-hybridized carbons (Fsp3) is 0.357. The molecule has 0 bridgehead atoms. The van der Waals surface area contributed by atoms with E-state index in [1.807, 2.05) is 42.5 Å². The van der Waals surface area contributed by atoms with Gasteiger partial charge in [0.1, 0.15) is 0 Å². The van der Waals surface area contributed by atoms with Crippen LogP contribution in [0.5, 0.6) is 0 Å². The fourth-order valence-corrected chi connectivity index (χ4v) is 4.15. The molecule has 33 heavy (non-hydrogen) atoms. The Morgan fingerprint density at radius 1 is 0.667 bits per heavy atom. The predicted molar refractivity (Wildman–Crippen MR) is 137 cm³/mol. The standard InChI is InChI=1S/C28H33N5/c1-3-5-6-7-8-22-9-11-24(12-10-22)29-30-25-13-15-26(16-14-25)31-32-27-17-18-28-23(21-27)19-20-33(28)4-2/h9-18,21H,3-8,19-20H2,1-2H3. The number of rotatable bonds is 10. The normalized spacial score (nSPS) is 13.3. The highest BCUT2D eigenvalue weighted by molar-refractivity contribution is 5.62. The molecule has 0 saturated carbocycles. The molecule has 0 aromatic heterocycles. The van der Waals surface area contributed by atoms with Gasteiger partial charge in [-0.25, -0.2) is 0 Å². The monoisotopic (exact) mass is 439 g/mol. The van der Waals surface area contributed by atoms with E-state index in [1.165, 1.54) is 42.5 Å². The molecule has 170 valence electrons. The Labute approximate surface area is 197 Å². The molecule has 5 heteroatoms. The summed E-state index contributed by atoms with van der Waals surface area (Å²) in [6.45, 7) is 6.57. The second-order valence-electron chi connectivity index (χ2n) is 8.54. The molecule has 0 atom stereocenters. The Morgan fingerprint density at radius 2 is 1.24 bits per heavy atom. The van der Waals surface area contributed by atoms with Gasteiger partial charge in [-0.2, -0.15) is 20.5 Å². The van der Waals surface area contributed by atoms with Crippen LogP contribution in [-0.4, -0.2) is 13.1 Å². The van der Waals surface area contributed by atoms with E-state index >= 15 is 0 Å². The molecule has 1 aliphatic heterocycles. The first-order chi connectivity index (χ1) is 16.2. The molecule has 3 aromatic rings. The SMILES string of the molecule is CCCCCCc1ccc(N=Nc2ccc(N=Nc3ccc4c(c3)CCN4CC)cc2)cc1. The molecular formula is C28H33N5. The minimum absolute atomic E-state index is 0.801. The molecule has 3 aromatic carbocycles. The smallest absolute Gasteiger partial charge is 0.0861 e. The van der Waals surface area contributed by atoms with Crippen molar-refractivity contribution in [1.29, 1.82) is 0 Å². The Morgan fingerprint density at radius 3 is 1.85 bits per heavy atom. The van der Waals surface area contributed by atoms with E-state index in [1.54, 1.807) is 0 Å². The van der Waals surface area contributed by atoms with Gasteiger partial charge in [-0.05, 0) is 91.9 Å². The zero-order valence-corrected chi connectivity index (χ0v) is 19.7. The van der Waals surface area contributed by atoms with E-state index in [2.05, 4.69) is 63.5 Å². The molecule has 0 saturated heterocycles. The van der Waals surface area contributed by atoms with E-state index in [9.17, 15) is 0 Å². The Balaban J connectivity index is 1.31. The summed E-state index contributed by atoms with van der Waals surface area (Å²) in [6, 6.07) is 22.4. The Hall–Kier alpha value is -3.34. The van der Waals surface area contributed by atoms with Crippen LogP contribution >= 0.6 is 0 Å². The van der Waals surface area contributed by atoms with Gasteiger partial charge in [-0.1, -0.05) is 38.3 Å². The molecule has 0 unspecified atom stereocenters. The van der Waals surface area contributed by atoms with Gasteiger partial charge in [0.05, 0.1) is 22.7 Å². The lowest BCUT2D eigenvalue weighted by atomic mass is 10.1. The number of nitrogens with zero attached hydrogens (tertiary/aromatic N) is 5. The van der Waals surface area contributed by atoms with Crippen LogP contribution in [0.3, 0.4) is 0 Å². The highest BCUT2D eigenvalue weighted by Gasteiger charge is 2.17. The van der Waals surface area contributed by atoms with Crippen LogP contribution in [-0.2, 0) is 12.8 Å². The van der Waals surface area contributed by atoms with Crippen LogP contribution in [0.15, 0.2) is 87.2 Å². The lowest BCUT2D eigenvalue weighted by molar-refractivity contribution is 0.667. The van der Waals surface area contributed by atoms with Crippen LogP contribution in [0.4, 0.5) is 28.4 Å². The van der Waals surface area contributed by atoms with E-state index in [0.29, 0.717) is 0 Å². The van der Waals surface area contributed by atoms with Gasteiger partial charge < -0.3 is 4.90 Å². The summed E-state index contributed by atoms with van der Waals surface area (Å²) in [5.41, 5.74) is 7.41. The second kappa shape index (κ2) is 11.5. The molecule has 0 spiro atoms. The minimum Gasteiger partial charge on any atom is -0.371 e. The average Bonchev–Trinajstić information content (AvgIpc) is 3.28. The third-order valence-corrected chi connectivity index (χ3v) is 6.10. The number of anilines is 1. The Bertz CT molecular complexity index is 1080. The summed E-state index contributed by atoms with van der Waals surface area (Å²) in [4.78, 5) is 2.40. The third-order valence-electron chi connectivity index (χ3n) is 6.10. The Kier molecular flexibility index (Phi) is 7.96. The maximum atomic E-state index is 4.42. The molecule has 0 aliphatic carbocycles. The zero-order valence-electron chi connectivity index (χ0n) is 19.7. The van der Waals surface area contributed by atoms with Gasteiger partial charge >= 0.3 is 0 Å². The van der Waals surface area contributed by atoms with Crippen molar-refractivity contribution in [2.75, 3.05) is 18.0 Å². The number of azo groups is 2. The van der Waals surface area contributed by atoms with Crippen molar-refractivity contribution < 1.29 is 0 Å². The molecule has 1 aliphatic rings. The van der Waals surface area contributed by atoms with Crippen LogP contribution < -0.4 is 4.90 Å². The van der Waals surface area contributed by atoms with Crippen molar-refractivity contribution in [3.05, 3.63) is 77.9 Å². The molecular weight excluding hydrogens is 406 g/mol. The first kappa shape index (κ1) is 22.8. The van der Waals surface area contributed by atoms with E-state index in [-0.39, 0.29) is 0 Å². The van der Waals surface area contributed by atoms with Crippen LogP contribution in [0.2, 0.25) is 0 Å². The largest absolute Gasteiger partial charge is 0.371 e. The van der Waals surface area contributed by atoms with Crippen molar-refractivity contribution in [2.24, 2.45) is 20.5 Å². The van der Waals surface area contributed by atoms with Gasteiger partial charge in [0, 0.05) is 18.8 Å². The van der Waals surface area contributed by atoms with Crippen LogP contribution in [0, 0.1) is 0 Å². The quantitative estimate of drug-likeness (QED) is 0.230. The highest BCUT2D eigenvalue weighted by Crippen LogP contribution is 2.32. The number of likely N-dealkylation sites (N-methyl/N-ethyl adjacent to an activating group) is 1. The van der Waals surface area contributed by atoms with Crippen LogP contribution in [0.25, 0.3) is 0 Å². The minimum atomic E-state index is 0.801. The van der Waals surface area contributed by atoms with Crippen molar-refractivity contribution in [3.8, 4) is 0 Å². The van der Waals surface area contributed by atoms with Gasteiger partial charge in [-0.15, -0.1) is 0 Å². The molecule has 4 rings (SSSR count). The number of unbranched alkanes of at least 4 members (excludes halogenated alkanes) is 3. The first-order valence-electron chi connectivity index (χ1n) is 12.2. The summed E-state index contributed by atoms with van der Waals surface area (Å²) >= 11 is 0. The van der Waals surface area contributed by atoms with E-state index < -0.39 is 0 Å². The van der Waals surface area contributed by atoms with Gasteiger partial charge in [0.25, 0.3) is 0 Å². The highest BCUT2D eigenvalue weighted by atomic mass is 15.1. The molecule has 0 radical (unpaired) electrons. The number of hydrogen-bond acceptors (Lipinski definition) is 5. The van der Waals surface area contributed by atoms with Crippen molar-refractivity contribution >= 4 is 28.4 Å². The molecule has 0 N–H and O–H groups in total.